The predicted octanol–water partition coefficient (Wildman–Crippen LogP) is 0.932. The summed E-state index contributed by atoms with van der Waals surface area (Å²) in [6.07, 6.45) is -0.165. The number of ether oxygens (including phenoxy) is 2. The molecule has 0 aromatic heterocycles. The molecule has 1 saturated heterocycles. The van der Waals surface area contributed by atoms with Gasteiger partial charge in [0.1, 0.15) is 5.92 Å². The number of esters is 1. The topological polar surface area (TPSA) is 52.6 Å². The summed E-state index contributed by atoms with van der Waals surface area (Å²) in [6, 6.07) is 0. The van der Waals surface area contributed by atoms with Crippen molar-refractivity contribution in [2.75, 3.05) is 6.61 Å². The van der Waals surface area contributed by atoms with E-state index in [1.165, 1.54) is 0 Å². The van der Waals surface area contributed by atoms with Gasteiger partial charge in [-0.05, 0) is 20.8 Å². The molecule has 0 radical (unpaired) electrons. The first-order valence-corrected chi connectivity index (χ1v) is 4.91. The van der Waals surface area contributed by atoms with E-state index in [0.717, 1.165) is 0 Å². The molecule has 0 amide bonds. The van der Waals surface area contributed by atoms with E-state index in [1.54, 1.807) is 13.8 Å². The molecule has 0 spiro atoms. The minimum atomic E-state index is -0.730. The average molecular weight is 200 g/mol. The number of carbonyl (C=O) groups is 2. The van der Waals surface area contributed by atoms with Crippen molar-refractivity contribution in [3.05, 3.63) is 0 Å². The van der Waals surface area contributed by atoms with Crippen LogP contribution in [0.5, 0.6) is 0 Å². The first kappa shape index (κ1) is 11.2. The van der Waals surface area contributed by atoms with E-state index in [0.29, 0.717) is 13.0 Å². The molecule has 1 aliphatic heterocycles. The predicted molar refractivity (Wildman–Crippen MR) is 49.8 cm³/mol. The van der Waals surface area contributed by atoms with Crippen molar-refractivity contribution in [2.24, 2.45) is 5.92 Å². The summed E-state index contributed by atoms with van der Waals surface area (Å²) in [5.41, 5.74) is 0. The van der Waals surface area contributed by atoms with Crippen molar-refractivity contribution < 1.29 is 19.1 Å². The Morgan fingerprint density at radius 3 is 2.71 bits per heavy atom. The quantitative estimate of drug-likeness (QED) is 0.491. The minimum Gasteiger partial charge on any atom is -0.465 e. The molecular formula is C10H16O4. The van der Waals surface area contributed by atoms with E-state index < -0.39 is 11.9 Å². The molecule has 4 heteroatoms. The lowest BCUT2D eigenvalue weighted by atomic mass is 9.91. The van der Waals surface area contributed by atoms with Gasteiger partial charge in [0.15, 0.2) is 5.78 Å². The summed E-state index contributed by atoms with van der Waals surface area (Å²) in [5.74, 6) is -1.27. The molecule has 80 valence electrons. The molecule has 1 fully saturated rings. The van der Waals surface area contributed by atoms with Crippen LogP contribution >= 0.6 is 0 Å². The van der Waals surface area contributed by atoms with Crippen molar-refractivity contribution in [3.63, 3.8) is 0 Å². The maximum absolute atomic E-state index is 11.6. The van der Waals surface area contributed by atoms with Gasteiger partial charge < -0.3 is 9.47 Å². The fraction of sp³-hybridized carbons (Fsp3) is 0.800. The van der Waals surface area contributed by atoms with Gasteiger partial charge in [-0.3, -0.25) is 9.59 Å². The number of hydrogen-bond acceptors (Lipinski definition) is 4. The number of hydrogen-bond donors (Lipinski definition) is 0. The van der Waals surface area contributed by atoms with Crippen LogP contribution in [0.3, 0.4) is 0 Å². The summed E-state index contributed by atoms with van der Waals surface area (Å²) in [4.78, 5) is 23.0. The molecule has 1 heterocycles. The van der Waals surface area contributed by atoms with Gasteiger partial charge in [-0.15, -0.1) is 0 Å². The van der Waals surface area contributed by atoms with E-state index in [-0.39, 0.29) is 18.0 Å². The SMILES string of the molecule is CCOC(=O)C1C(=O)CC(C)OC1C. The molecule has 1 aliphatic rings. The lowest BCUT2D eigenvalue weighted by molar-refractivity contribution is -0.166. The Morgan fingerprint density at radius 2 is 2.21 bits per heavy atom. The molecule has 0 bridgehead atoms. The first-order chi connectivity index (χ1) is 6.56. The van der Waals surface area contributed by atoms with Crippen molar-refractivity contribution >= 4 is 11.8 Å². The number of ketones is 1. The third-order valence-corrected chi connectivity index (χ3v) is 2.29. The van der Waals surface area contributed by atoms with E-state index >= 15 is 0 Å². The highest BCUT2D eigenvalue weighted by atomic mass is 16.5. The monoisotopic (exact) mass is 200 g/mol. The van der Waals surface area contributed by atoms with Gasteiger partial charge in [-0.25, -0.2) is 0 Å². The summed E-state index contributed by atoms with van der Waals surface area (Å²) in [5, 5.41) is 0. The van der Waals surface area contributed by atoms with Gasteiger partial charge in [-0.2, -0.15) is 0 Å². The Balaban J connectivity index is 2.67. The molecular weight excluding hydrogens is 184 g/mol. The highest BCUT2D eigenvalue weighted by Gasteiger charge is 2.39. The normalized spacial score (nSPS) is 32.8. The van der Waals surface area contributed by atoms with Crippen molar-refractivity contribution in [2.45, 2.75) is 39.4 Å². The van der Waals surface area contributed by atoms with Crippen LogP contribution in [0.2, 0.25) is 0 Å². The zero-order valence-electron chi connectivity index (χ0n) is 8.78. The minimum absolute atomic E-state index is 0.0744. The van der Waals surface area contributed by atoms with Gasteiger partial charge in [0.2, 0.25) is 0 Å². The van der Waals surface area contributed by atoms with Crippen LogP contribution in [0.4, 0.5) is 0 Å². The van der Waals surface area contributed by atoms with Crippen LogP contribution in [0.25, 0.3) is 0 Å². The smallest absolute Gasteiger partial charge is 0.319 e. The molecule has 4 nitrogen and oxygen atoms in total. The number of Topliss-reactive ketones (excluding diaryl/α,β-unsaturated/α-hetero) is 1. The van der Waals surface area contributed by atoms with Crippen LogP contribution < -0.4 is 0 Å². The Labute approximate surface area is 83.6 Å². The summed E-state index contributed by atoms with van der Waals surface area (Å²) < 4.78 is 10.2. The highest BCUT2D eigenvalue weighted by Crippen LogP contribution is 2.22. The Kier molecular flexibility index (Phi) is 3.63. The van der Waals surface area contributed by atoms with Gasteiger partial charge in [0.05, 0.1) is 18.8 Å². The van der Waals surface area contributed by atoms with E-state index in [4.69, 9.17) is 9.47 Å². The molecule has 0 aliphatic carbocycles. The number of rotatable bonds is 2. The molecule has 14 heavy (non-hydrogen) atoms. The maximum atomic E-state index is 11.6. The van der Waals surface area contributed by atoms with Gasteiger partial charge in [0.25, 0.3) is 0 Å². The van der Waals surface area contributed by atoms with E-state index in [2.05, 4.69) is 0 Å². The summed E-state index contributed by atoms with van der Waals surface area (Å²) in [6.45, 7) is 5.58. The molecule has 0 aromatic rings. The van der Waals surface area contributed by atoms with E-state index in [1.807, 2.05) is 6.92 Å². The molecule has 0 saturated carbocycles. The highest BCUT2D eigenvalue weighted by molar-refractivity contribution is 6.00. The summed E-state index contributed by atoms with van der Waals surface area (Å²) >= 11 is 0. The van der Waals surface area contributed by atoms with Crippen LogP contribution in [0.15, 0.2) is 0 Å². The maximum Gasteiger partial charge on any atom is 0.319 e. The number of carbonyl (C=O) groups excluding carboxylic acids is 2. The second-order valence-corrected chi connectivity index (χ2v) is 3.55. The standard InChI is InChI=1S/C10H16O4/c1-4-13-10(12)9-7(3)14-6(2)5-8(9)11/h6-7,9H,4-5H2,1-3H3. The fourth-order valence-corrected chi connectivity index (χ4v) is 1.72. The molecule has 3 atom stereocenters. The molecule has 0 N–H and O–H groups in total. The van der Waals surface area contributed by atoms with Crippen LogP contribution in [0.1, 0.15) is 27.2 Å². The van der Waals surface area contributed by atoms with Crippen LogP contribution in [-0.4, -0.2) is 30.6 Å². The molecule has 3 unspecified atom stereocenters. The molecule has 1 rings (SSSR count). The average Bonchev–Trinajstić information content (AvgIpc) is 2.01. The lowest BCUT2D eigenvalue weighted by Crippen LogP contribution is -2.43. The third-order valence-electron chi connectivity index (χ3n) is 2.29. The van der Waals surface area contributed by atoms with Gasteiger partial charge >= 0.3 is 5.97 Å². The van der Waals surface area contributed by atoms with Crippen molar-refractivity contribution in [1.29, 1.82) is 0 Å². The second-order valence-electron chi connectivity index (χ2n) is 3.55. The zero-order chi connectivity index (χ0) is 10.7. The van der Waals surface area contributed by atoms with Crippen LogP contribution in [0, 0.1) is 5.92 Å². The Hall–Kier alpha value is -0.900. The van der Waals surface area contributed by atoms with Crippen molar-refractivity contribution in [1.82, 2.24) is 0 Å². The van der Waals surface area contributed by atoms with Crippen LogP contribution in [-0.2, 0) is 19.1 Å². The largest absolute Gasteiger partial charge is 0.465 e. The Bertz CT molecular complexity index is 228. The zero-order valence-corrected chi connectivity index (χ0v) is 8.78. The first-order valence-electron chi connectivity index (χ1n) is 4.91. The second kappa shape index (κ2) is 4.55. The molecule has 0 aromatic carbocycles. The third kappa shape index (κ3) is 2.32. The van der Waals surface area contributed by atoms with E-state index in [9.17, 15) is 9.59 Å². The fourth-order valence-electron chi connectivity index (χ4n) is 1.72. The van der Waals surface area contributed by atoms with Crippen molar-refractivity contribution in [3.8, 4) is 0 Å². The Morgan fingerprint density at radius 1 is 1.57 bits per heavy atom. The van der Waals surface area contributed by atoms with Gasteiger partial charge in [0, 0.05) is 6.42 Å². The lowest BCUT2D eigenvalue weighted by Gasteiger charge is -2.30. The van der Waals surface area contributed by atoms with Gasteiger partial charge in [-0.1, -0.05) is 0 Å². The summed E-state index contributed by atoms with van der Waals surface area (Å²) in [7, 11) is 0.